The third kappa shape index (κ3) is 4.63. The van der Waals surface area contributed by atoms with Gasteiger partial charge in [0, 0.05) is 6.54 Å². The smallest absolute Gasteiger partial charge is 0.000263 e. The highest BCUT2D eigenvalue weighted by molar-refractivity contribution is 5.44. The van der Waals surface area contributed by atoms with Gasteiger partial charge in [-0.25, -0.2) is 0 Å². The maximum absolute atomic E-state index is 3.56. The summed E-state index contributed by atoms with van der Waals surface area (Å²) in [5.74, 6) is 0. The van der Waals surface area contributed by atoms with E-state index >= 15 is 0 Å². The summed E-state index contributed by atoms with van der Waals surface area (Å²) >= 11 is 0. The first-order valence-corrected chi connectivity index (χ1v) is 8.05. The van der Waals surface area contributed by atoms with E-state index in [1.54, 1.807) is 5.56 Å². The predicted octanol–water partition coefficient (Wildman–Crippen LogP) is 4.88. The van der Waals surface area contributed by atoms with Crippen molar-refractivity contribution in [2.45, 2.75) is 67.7 Å². The Morgan fingerprint density at radius 3 is 2.05 bits per heavy atom. The van der Waals surface area contributed by atoms with Crippen molar-refractivity contribution in [3.63, 3.8) is 0 Å². The van der Waals surface area contributed by atoms with E-state index in [9.17, 15) is 0 Å². The summed E-state index contributed by atoms with van der Waals surface area (Å²) in [5.41, 5.74) is 7.79. The molecule has 0 aromatic heterocycles. The molecule has 114 valence electrons. The summed E-state index contributed by atoms with van der Waals surface area (Å²) in [5, 5.41) is 3.56. The minimum Gasteiger partial charge on any atom is -0.316 e. The van der Waals surface area contributed by atoms with Crippen LogP contribution in [0.15, 0.2) is 6.07 Å². The van der Waals surface area contributed by atoms with Crippen LogP contribution in [-0.2, 0) is 6.42 Å². The highest BCUT2D eigenvalue weighted by Gasteiger charge is 2.18. The first kappa shape index (κ1) is 17.2. The van der Waals surface area contributed by atoms with Gasteiger partial charge in [-0.15, -0.1) is 0 Å². The minimum atomic E-state index is 0.367. The molecule has 0 bridgehead atoms. The van der Waals surface area contributed by atoms with E-state index < -0.39 is 0 Å². The lowest BCUT2D eigenvalue weighted by atomic mass is 9.83. The molecule has 0 fully saturated rings. The van der Waals surface area contributed by atoms with E-state index in [-0.39, 0.29) is 0 Å². The van der Waals surface area contributed by atoms with E-state index in [0.717, 1.165) is 13.1 Å². The Balaban J connectivity index is 2.74. The SMILES string of the molecule is CCCNCC(C)(C)CCc1c(C)c(C)cc(C)c1C. The topological polar surface area (TPSA) is 12.0 Å². The predicted molar refractivity (Wildman–Crippen MR) is 90.7 cm³/mol. The Bertz CT molecular complexity index is 417. The molecule has 20 heavy (non-hydrogen) atoms. The Morgan fingerprint density at radius 2 is 1.55 bits per heavy atom. The summed E-state index contributed by atoms with van der Waals surface area (Å²) in [7, 11) is 0. The van der Waals surface area contributed by atoms with Gasteiger partial charge in [0.25, 0.3) is 0 Å². The number of benzene rings is 1. The van der Waals surface area contributed by atoms with Crippen molar-refractivity contribution < 1.29 is 0 Å². The van der Waals surface area contributed by atoms with Crippen molar-refractivity contribution in [2.24, 2.45) is 5.41 Å². The molecule has 0 amide bonds. The molecular weight excluding hydrogens is 242 g/mol. The van der Waals surface area contributed by atoms with Crippen LogP contribution in [-0.4, -0.2) is 13.1 Å². The average Bonchev–Trinajstić information content (AvgIpc) is 2.36. The van der Waals surface area contributed by atoms with Gasteiger partial charge < -0.3 is 5.32 Å². The molecule has 0 aliphatic carbocycles. The largest absolute Gasteiger partial charge is 0.316 e. The summed E-state index contributed by atoms with van der Waals surface area (Å²) in [6, 6.07) is 2.32. The Morgan fingerprint density at radius 1 is 1.00 bits per heavy atom. The number of nitrogens with one attached hydrogen (secondary N) is 1. The average molecular weight is 275 g/mol. The molecule has 0 saturated heterocycles. The molecule has 0 saturated carbocycles. The van der Waals surface area contributed by atoms with E-state index in [1.165, 1.54) is 41.5 Å². The molecule has 1 nitrogen and oxygen atoms in total. The van der Waals surface area contributed by atoms with Gasteiger partial charge in [0.05, 0.1) is 0 Å². The zero-order chi connectivity index (χ0) is 15.3. The second-order valence-electron chi connectivity index (χ2n) is 7.08. The van der Waals surface area contributed by atoms with Crippen LogP contribution in [0.4, 0.5) is 0 Å². The van der Waals surface area contributed by atoms with Gasteiger partial charge in [0.15, 0.2) is 0 Å². The van der Waals surface area contributed by atoms with Crippen molar-refractivity contribution in [1.29, 1.82) is 0 Å². The molecule has 1 aromatic rings. The van der Waals surface area contributed by atoms with Crippen LogP contribution in [0.25, 0.3) is 0 Å². The van der Waals surface area contributed by atoms with Gasteiger partial charge in [0.1, 0.15) is 0 Å². The normalized spacial score (nSPS) is 11.9. The quantitative estimate of drug-likeness (QED) is 0.699. The fourth-order valence-electron chi connectivity index (χ4n) is 2.83. The molecule has 0 spiro atoms. The molecule has 1 N–H and O–H groups in total. The highest BCUT2D eigenvalue weighted by Crippen LogP contribution is 2.27. The molecular formula is C19H33N. The molecule has 0 aliphatic rings. The molecule has 0 radical (unpaired) electrons. The summed E-state index contributed by atoms with van der Waals surface area (Å²) in [6.07, 6.45) is 3.65. The second-order valence-corrected chi connectivity index (χ2v) is 7.08. The van der Waals surface area contributed by atoms with Gasteiger partial charge in [-0.1, -0.05) is 26.8 Å². The Kier molecular flexibility index (Phi) is 6.26. The summed E-state index contributed by atoms with van der Waals surface area (Å²) in [6.45, 7) is 18.3. The van der Waals surface area contributed by atoms with Crippen molar-refractivity contribution >= 4 is 0 Å². The zero-order valence-electron chi connectivity index (χ0n) is 14.6. The highest BCUT2D eigenvalue weighted by atomic mass is 14.9. The fraction of sp³-hybridized carbons (Fsp3) is 0.684. The van der Waals surface area contributed by atoms with E-state index in [2.05, 4.69) is 59.8 Å². The molecule has 1 rings (SSSR count). The van der Waals surface area contributed by atoms with Crippen LogP contribution in [0.2, 0.25) is 0 Å². The maximum Gasteiger partial charge on any atom is 0.000263 e. The minimum absolute atomic E-state index is 0.367. The first-order valence-electron chi connectivity index (χ1n) is 8.05. The van der Waals surface area contributed by atoms with Crippen molar-refractivity contribution in [2.75, 3.05) is 13.1 Å². The van der Waals surface area contributed by atoms with Gasteiger partial charge in [-0.2, -0.15) is 0 Å². The molecule has 1 heteroatoms. The fourth-order valence-corrected chi connectivity index (χ4v) is 2.83. The molecule has 1 aromatic carbocycles. The lowest BCUT2D eigenvalue weighted by molar-refractivity contribution is 0.315. The van der Waals surface area contributed by atoms with Crippen LogP contribution in [0.1, 0.15) is 61.4 Å². The zero-order valence-corrected chi connectivity index (χ0v) is 14.6. The lowest BCUT2D eigenvalue weighted by Crippen LogP contribution is -2.30. The number of hydrogen-bond donors (Lipinski definition) is 1. The van der Waals surface area contributed by atoms with Crippen LogP contribution in [0, 0.1) is 33.1 Å². The van der Waals surface area contributed by atoms with Crippen molar-refractivity contribution in [3.05, 3.63) is 33.9 Å². The molecule has 0 atom stereocenters. The third-order valence-corrected chi connectivity index (χ3v) is 4.60. The number of hydrogen-bond acceptors (Lipinski definition) is 1. The van der Waals surface area contributed by atoms with E-state index in [4.69, 9.17) is 0 Å². The van der Waals surface area contributed by atoms with Gasteiger partial charge >= 0.3 is 0 Å². The van der Waals surface area contributed by atoms with Gasteiger partial charge in [0.2, 0.25) is 0 Å². The molecule has 0 unspecified atom stereocenters. The summed E-state index contributed by atoms with van der Waals surface area (Å²) in [4.78, 5) is 0. The third-order valence-electron chi connectivity index (χ3n) is 4.60. The van der Waals surface area contributed by atoms with Gasteiger partial charge in [-0.3, -0.25) is 0 Å². The molecule has 0 heterocycles. The lowest BCUT2D eigenvalue weighted by Gasteiger charge is -2.26. The molecule has 0 aliphatic heterocycles. The van der Waals surface area contributed by atoms with Crippen LogP contribution in [0.3, 0.4) is 0 Å². The Labute approximate surface area is 126 Å². The van der Waals surface area contributed by atoms with Crippen molar-refractivity contribution in [3.8, 4) is 0 Å². The van der Waals surface area contributed by atoms with E-state index in [0.29, 0.717) is 5.41 Å². The monoisotopic (exact) mass is 275 g/mol. The number of rotatable bonds is 7. The number of aryl methyl sites for hydroxylation is 2. The first-order chi connectivity index (χ1) is 9.28. The Hall–Kier alpha value is -0.820. The van der Waals surface area contributed by atoms with Crippen LogP contribution in [0.5, 0.6) is 0 Å². The van der Waals surface area contributed by atoms with E-state index in [1.807, 2.05) is 0 Å². The summed E-state index contributed by atoms with van der Waals surface area (Å²) < 4.78 is 0. The standard InChI is InChI=1S/C19H33N/c1-8-11-20-13-19(6,7)10-9-18-16(4)14(2)12-15(3)17(18)5/h12,20H,8-11,13H2,1-7H3. The maximum atomic E-state index is 3.56. The van der Waals surface area contributed by atoms with Gasteiger partial charge in [-0.05, 0) is 86.7 Å². The second kappa shape index (κ2) is 7.26. The van der Waals surface area contributed by atoms with Crippen LogP contribution >= 0.6 is 0 Å². The van der Waals surface area contributed by atoms with Crippen LogP contribution < -0.4 is 5.32 Å². The van der Waals surface area contributed by atoms with Crippen molar-refractivity contribution in [1.82, 2.24) is 5.32 Å².